The molecule has 0 fully saturated rings. The summed E-state index contributed by atoms with van der Waals surface area (Å²) in [6.07, 6.45) is 0.803. The summed E-state index contributed by atoms with van der Waals surface area (Å²) in [7, 11) is 0. The van der Waals surface area contributed by atoms with Crippen molar-refractivity contribution in [1.29, 1.82) is 0 Å². The predicted octanol–water partition coefficient (Wildman–Crippen LogP) is 2.15. The van der Waals surface area contributed by atoms with Gasteiger partial charge in [-0.3, -0.25) is 24.6 Å². The molecule has 1 aromatic rings. The topological polar surface area (TPSA) is 80.5 Å². The minimum Gasteiger partial charge on any atom is -0.274 e. The number of hydrogen-bond acceptors (Lipinski definition) is 5. The largest absolute Gasteiger partial charge is 0.274 e. The summed E-state index contributed by atoms with van der Waals surface area (Å²) in [5.41, 5.74) is 0.154. The van der Waals surface area contributed by atoms with Gasteiger partial charge in [-0.15, -0.1) is 0 Å². The van der Waals surface area contributed by atoms with E-state index in [-0.39, 0.29) is 28.6 Å². The number of thiol groups is 1. The van der Waals surface area contributed by atoms with Crippen molar-refractivity contribution in [3.8, 4) is 0 Å². The van der Waals surface area contributed by atoms with Crippen LogP contribution in [0.1, 0.15) is 34.1 Å². The number of non-ortho nitro benzene ring substituents is 1. The first kappa shape index (κ1) is 14.5. The molecule has 1 atom stereocenters. The Bertz CT molecular complexity index is 584. The van der Waals surface area contributed by atoms with Gasteiger partial charge in [-0.25, -0.2) is 0 Å². The Labute approximate surface area is 121 Å². The maximum absolute atomic E-state index is 12.2. The van der Waals surface area contributed by atoms with Crippen LogP contribution >= 0.6 is 12.6 Å². The highest BCUT2D eigenvalue weighted by Gasteiger charge is 2.37. The molecule has 0 spiro atoms. The highest BCUT2D eigenvalue weighted by Crippen LogP contribution is 2.27. The summed E-state index contributed by atoms with van der Waals surface area (Å²) in [6, 6.07) is 3.75. The van der Waals surface area contributed by atoms with Crippen LogP contribution in [0.25, 0.3) is 0 Å². The fourth-order valence-corrected chi connectivity index (χ4v) is 2.51. The van der Waals surface area contributed by atoms with E-state index >= 15 is 0 Å². The van der Waals surface area contributed by atoms with E-state index in [2.05, 4.69) is 12.6 Å². The van der Waals surface area contributed by atoms with Gasteiger partial charge in [0.2, 0.25) is 0 Å². The minimum absolute atomic E-state index is 0.109. The lowest BCUT2D eigenvalue weighted by Gasteiger charge is -2.19. The Morgan fingerprint density at radius 3 is 2.50 bits per heavy atom. The first-order chi connectivity index (χ1) is 9.49. The molecular formula is C13H14N2O4S. The van der Waals surface area contributed by atoms with Crippen LogP contribution in [-0.4, -0.2) is 33.9 Å². The molecular weight excluding hydrogens is 280 g/mol. The fraction of sp³-hybridized carbons (Fsp3) is 0.385. The monoisotopic (exact) mass is 294 g/mol. The van der Waals surface area contributed by atoms with Crippen molar-refractivity contribution >= 4 is 30.1 Å². The number of imide groups is 1. The van der Waals surface area contributed by atoms with Crippen molar-refractivity contribution in [3.05, 3.63) is 39.4 Å². The van der Waals surface area contributed by atoms with Crippen LogP contribution < -0.4 is 0 Å². The molecule has 1 aromatic carbocycles. The second-order valence-electron chi connectivity index (χ2n) is 4.66. The first-order valence-electron chi connectivity index (χ1n) is 6.25. The van der Waals surface area contributed by atoms with Crippen LogP contribution in [0.4, 0.5) is 5.69 Å². The fourth-order valence-electron chi connectivity index (χ4n) is 2.13. The molecule has 1 unspecified atom stereocenters. The Morgan fingerprint density at radius 1 is 1.30 bits per heavy atom. The second-order valence-corrected chi connectivity index (χ2v) is 5.03. The zero-order valence-electron chi connectivity index (χ0n) is 10.9. The number of carbonyl (C=O) groups excluding carboxylic acids is 2. The summed E-state index contributed by atoms with van der Waals surface area (Å²) < 4.78 is 0. The molecule has 7 heteroatoms. The smallest absolute Gasteiger partial charge is 0.270 e. The normalized spacial score (nSPS) is 15.4. The molecule has 20 heavy (non-hydrogen) atoms. The van der Waals surface area contributed by atoms with E-state index in [0.29, 0.717) is 12.3 Å². The Kier molecular flexibility index (Phi) is 4.08. The van der Waals surface area contributed by atoms with Gasteiger partial charge >= 0.3 is 0 Å². The molecule has 0 saturated heterocycles. The molecule has 106 valence electrons. The molecule has 0 saturated carbocycles. The number of amides is 2. The van der Waals surface area contributed by atoms with E-state index < -0.39 is 10.8 Å². The van der Waals surface area contributed by atoms with Crippen molar-refractivity contribution in [3.63, 3.8) is 0 Å². The van der Waals surface area contributed by atoms with Gasteiger partial charge in [0.15, 0.2) is 0 Å². The highest BCUT2D eigenvalue weighted by molar-refractivity contribution is 7.80. The van der Waals surface area contributed by atoms with Gasteiger partial charge in [0.1, 0.15) is 0 Å². The van der Waals surface area contributed by atoms with Crippen molar-refractivity contribution in [2.24, 2.45) is 5.92 Å². The van der Waals surface area contributed by atoms with E-state index in [1.807, 2.05) is 6.92 Å². The minimum atomic E-state index is -0.580. The second kappa shape index (κ2) is 5.62. The molecule has 0 aromatic heterocycles. The zero-order valence-corrected chi connectivity index (χ0v) is 11.8. The van der Waals surface area contributed by atoms with Crippen molar-refractivity contribution in [1.82, 2.24) is 4.90 Å². The number of nitro benzene ring substituents is 1. The van der Waals surface area contributed by atoms with Crippen molar-refractivity contribution in [2.75, 3.05) is 12.3 Å². The number of carbonyl (C=O) groups is 2. The predicted molar refractivity (Wildman–Crippen MR) is 76.1 cm³/mol. The van der Waals surface area contributed by atoms with E-state index in [1.165, 1.54) is 12.1 Å². The van der Waals surface area contributed by atoms with Crippen LogP contribution in [-0.2, 0) is 0 Å². The van der Waals surface area contributed by atoms with E-state index in [0.717, 1.165) is 17.4 Å². The maximum Gasteiger partial charge on any atom is 0.270 e. The van der Waals surface area contributed by atoms with E-state index in [1.54, 1.807) is 0 Å². The number of hydrogen-bond donors (Lipinski definition) is 1. The summed E-state index contributed by atoms with van der Waals surface area (Å²) in [4.78, 5) is 35.7. The zero-order chi connectivity index (χ0) is 14.9. The number of nitro groups is 1. The quantitative estimate of drug-likeness (QED) is 0.390. The van der Waals surface area contributed by atoms with Gasteiger partial charge < -0.3 is 0 Å². The molecule has 1 aliphatic heterocycles. The van der Waals surface area contributed by atoms with Gasteiger partial charge in [0, 0.05) is 18.7 Å². The van der Waals surface area contributed by atoms with Gasteiger partial charge in [0.25, 0.3) is 17.5 Å². The average molecular weight is 294 g/mol. The molecule has 0 radical (unpaired) electrons. The van der Waals surface area contributed by atoms with E-state index in [4.69, 9.17) is 0 Å². The Balaban J connectivity index is 2.32. The van der Waals surface area contributed by atoms with Crippen LogP contribution in [0, 0.1) is 16.0 Å². The lowest BCUT2D eigenvalue weighted by Crippen LogP contribution is -2.35. The van der Waals surface area contributed by atoms with Crippen LogP contribution in [0.2, 0.25) is 0 Å². The molecule has 0 N–H and O–H groups in total. The van der Waals surface area contributed by atoms with Gasteiger partial charge in [-0.05, 0) is 17.7 Å². The lowest BCUT2D eigenvalue weighted by atomic mass is 10.1. The molecule has 2 rings (SSSR count). The lowest BCUT2D eigenvalue weighted by molar-refractivity contribution is -0.384. The van der Waals surface area contributed by atoms with Gasteiger partial charge in [-0.1, -0.05) is 13.3 Å². The van der Waals surface area contributed by atoms with Crippen LogP contribution in [0.5, 0.6) is 0 Å². The molecule has 0 aliphatic carbocycles. The summed E-state index contributed by atoms with van der Waals surface area (Å²) in [5, 5.41) is 10.7. The van der Waals surface area contributed by atoms with E-state index in [9.17, 15) is 19.7 Å². The van der Waals surface area contributed by atoms with Crippen LogP contribution in [0.15, 0.2) is 18.2 Å². The third-order valence-electron chi connectivity index (χ3n) is 3.44. The molecule has 6 nitrogen and oxygen atoms in total. The third kappa shape index (κ3) is 2.40. The summed E-state index contributed by atoms with van der Waals surface area (Å²) in [6.45, 7) is 2.25. The van der Waals surface area contributed by atoms with Crippen LogP contribution in [0.3, 0.4) is 0 Å². The standard InChI is InChI=1S/C13H14N2O4S/c1-2-8(7-20)6-14-12(16)10-4-3-9(15(18)19)5-11(10)13(14)17/h3-5,8,20H,2,6-7H2,1H3. The average Bonchev–Trinajstić information content (AvgIpc) is 2.68. The summed E-state index contributed by atoms with van der Waals surface area (Å²) >= 11 is 4.19. The maximum atomic E-state index is 12.2. The molecule has 0 bridgehead atoms. The number of nitrogens with zero attached hydrogens (tertiary/aromatic N) is 2. The summed E-state index contributed by atoms with van der Waals surface area (Å²) in [5.74, 6) is -0.158. The number of rotatable bonds is 5. The van der Waals surface area contributed by atoms with Gasteiger partial charge in [0.05, 0.1) is 16.1 Å². The number of benzene rings is 1. The Morgan fingerprint density at radius 2 is 1.95 bits per heavy atom. The number of fused-ring (bicyclic) bond motifs is 1. The van der Waals surface area contributed by atoms with Crippen molar-refractivity contribution in [2.45, 2.75) is 13.3 Å². The third-order valence-corrected chi connectivity index (χ3v) is 3.96. The Hall–Kier alpha value is -1.89. The first-order valence-corrected chi connectivity index (χ1v) is 6.88. The van der Waals surface area contributed by atoms with Gasteiger partial charge in [-0.2, -0.15) is 12.6 Å². The molecule has 2 amide bonds. The molecule has 1 heterocycles. The van der Waals surface area contributed by atoms with Crippen molar-refractivity contribution < 1.29 is 14.5 Å². The SMILES string of the molecule is CCC(CS)CN1C(=O)c2ccc([N+](=O)[O-])cc2C1=O. The molecule has 1 aliphatic rings. The highest BCUT2D eigenvalue weighted by atomic mass is 32.1.